The van der Waals surface area contributed by atoms with Gasteiger partial charge in [0.2, 0.25) is 0 Å². The van der Waals surface area contributed by atoms with Gasteiger partial charge in [0.25, 0.3) is 10.0 Å². The van der Waals surface area contributed by atoms with Crippen LogP contribution in [0.4, 0.5) is 5.69 Å². The fraction of sp³-hybridized carbons (Fsp3) is 0.133. The summed E-state index contributed by atoms with van der Waals surface area (Å²) >= 11 is 1.38. The van der Waals surface area contributed by atoms with E-state index in [4.69, 9.17) is 0 Å². The minimum atomic E-state index is -3.61. The van der Waals surface area contributed by atoms with Crippen LogP contribution in [0.2, 0.25) is 0 Å². The molecule has 0 aliphatic carbocycles. The zero-order chi connectivity index (χ0) is 14.9. The predicted molar refractivity (Wildman–Crippen MR) is 87.2 cm³/mol. The molecule has 1 aliphatic rings. The monoisotopic (exact) mass is 318 g/mol. The Morgan fingerprint density at radius 2 is 1.90 bits per heavy atom. The molecule has 21 heavy (non-hydrogen) atoms. The Hall–Kier alpha value is -1.79. The molecule has 0 spiro atoms. The first-order valence-electron chi connectivity index (χ1n) is 6.44. The molecule has 0 bridgehead atoms. The quantitative estimate of drug-likeness (QED) is 0.922. The Morgan fingerprint density at radius 1 is 1.14 bits per heavy atom. The molecule has 2 aromatic carbocycles. The van der Waals surface area contributed by atoms with E-state index in [9.17, 15) is 8.42 Å². The maximum absolute atomic E-state index is 12.2. The third-order valence-electron chi connectivity index (χ3n) is 3.08. The molecule has 4 nitrogen and oxygen atoms in total. The molecule has 6 heteroatoms. The Balaban J connectivity index is 1.84. The van der Waals surface area contributed by atoms with Crippen LogP contribution in [0.1, 0.15) is 11.1 Å². The summed E-state index contributed by atoms with van der Waals surface area (Å²) in [6.07, 6.45) is 0. The second-order valence-electron chi connectivity index (χ2n) is 4.77. The Bertz CT molecular complexity index is 800. The van der Waals surface area contributed by atoms with Crippen molar-refractivity contribution in [2.75, 3.05) is 5.32 Å². The number of hydrogen-bond donors (Lipinski definition) is 1. The van der Waals surface area contributed by atoms with Gasteiger partial charge in [0.15, 0.2) is 5.17 Å². The highest BCUT2D eigenvalue weighted by Gasteiger charge is 2.24. The van der Waals surface area contributed by atoms with Gasteiger partial charge in [0.1, 0.15) is 4.90 Å². The van der Waals surface area contributed by atoms with Gasteiger partial charge in [0, 0.05) is 5.75 Å². The van der Waals surface area contributed by atoms with Gasteiger partial charge in [-0.15, -0.1) is 4.40 Å². The summed E-state index contributed by atoms with van der Waals surface area (Å²) in [5.41, 5.74) is 2.73. The number of benzene rings is 2. The second kappa shape index (κ2) is 5.54. The third kappa shape index (κ3) is 3.11. The van der Waals surface area contributed by atoms with Gasteiger partial charge in [0.05, 0.1) is 5.69 Å². The van der Waals surface area contributed by atoms with Crippen LogP contribution in [0.3, 0.4) is 0 Å². The van der Waals surface area contributed by atoms with Gasteiger partial charge in [-0.25, -0.2) is 0 Å². The van der Waals surface area contributed by atoms with Crippen LogP contribution in [-0.4, -0.2) is 13.6 Å². The number of aryl methyl sites for hydroxylation is 1. The molecule has 0 saturated heterocycles. The lowest BCUT2D eigenvalue weighted by molar-refractivity contribution is 0.598. The first-order valence-corrected chi connectivity index (χ1v) is 8.86. The van der Waals surface area contributed by atoms with Crippen LogP contribution in [0, 0.1) is 6.92 Å². The minimum Gasteiger partial charge on any atom is -0.333 e. The number of fused-ring (bicyclic) bond motifs is 1. The Kier molecular flexibility index (Phi) is 3.73. The van der Waals surface area contributed by atoms with Crippen LogP contribution >= 0.6 is 11.8 Å². The molecule has 0 fully saturated rings. The SMILES string of the molecule is Cc1ccc2c(c1)NC(SCc1ccccc1)=NS2(=O)=O. The molecule has 0 unspecified atom stereocenters. The number of nitrogens with one attached hydrogen (secondary N) is 1. The number of hydrogen-bond acceptors (Lipinski definition) is 4. The average Bonchev–Trinajstić information content (AvgIpc) is 2.45. The van der Waals surface area contributed by atoms with Gasteiger partial charge in [-0.05, 0) is 30.2 Å². The summed E-state index contributed by atoms with van der Waals surface area (Å²) in [5.74, 6) is 0.670. The molecule has 1 aliphatic heterocycles. The van der Waals surface area contributed by atoms with Crippen molar-refractivity contribution in [2.24, 2.45) is 4.40 Å². The Morgan fingerprint density at radius 3 is 2.67 bits per heavy atom. The molecule has 0 aromatic heterocycles. The summed E-state index contributed by atoms with van der Waals surface area (Å²) in [6.45, 7) is 1.93. The smallest absolute Gasteiger partial charge is 0.286 e. The first kappa shape index (κ1) is 14.2. The van der Waals surface area contributed by atoms with E-state index in [0.29, 0.717) is 16.6 Å². The lowest BCUT2D eigenvalue weighted by Crippen LogP contribution is -2.19. The van der Waals surface area contributed by atoms with Crippen LogP contribution in [0.15, 0.2) is 57.8 Å². The van der Waals surface area contributed by atoms with Gasteiger partial charge in [-0.1, -0.05) is 48.2 Å². The molecule has 0 atom stereocenters. The molecule has 1 heterocycles. The standard InChI is InChI=1S/C15H14N2O2S2/c1-11-7-8-14-13(9-11)16-15(17-21(14,18)19)20-10-12-5-3-2-4-6-12/h2-9H,10H2,1H3,(H,16,17). The number of amidine groups is 1. The van der Waals surface area contributed by atoms with Crippen LogP contribution in [0.5, 0.6) is 0 Å². The highest BCUT2D eigenvalue weighted by atomic mass is 32.2. The van der Waals surface area contributed by atoms with Gasteiger partial charge < -0.3 is 5.32 Å². The van der Waals surface area contributed by atoms with Gasteiger partial charge >= 0.3 is 0 Å². The van der Waals surface area contributed by atoms with E-state index in [0.717, 1.165) is 11.1 Å². The lowest BCUT2D eigenvalue weighted by atomic mass is 10.2. The van der Waals surface area contributed by atoms with Crippen molar-refractivity contribution >= 4 is 32.6 Å². The number of rotatable bonds is 2. The number of nitrogens with zero attached hydrogens (tertiary/aromatic N) is 1. The summed E-state index contributed by atoms with van der Waals surface area (Å²) < 4.78 is 28.2. The molecular weight excluding hydrogens is 304 g/mol. The molecule has 2 aromatic rings. The largest absolute Gasteiger partial charge is 0.333 e. The molecule has 1 N–H and O–H groups in total. The van der Waals surface area contributed by atoms with Crippen molar-refractivity contribution < 1.29 is 8.42 Å². The topological polar surface area (TPSA) is 58.5 Å². The summed E-state index contributed by atoms with van der Waals surface area (Å²) in [5, 5.41) is 3.51. The third-order valence-corrected chi connectivity index (χ3v) is 5.47. The molecule has 3 rings (SSSR count). The van der Waals surface area contributed by atoms with Crippen molar-refractivity contribution in [3.05, 3.63) is 59.7 Å². The molecule has 0 amide bonds. The van der Waals surface area contributed by atoms with Crippen LogP contribution in [-0.2, 0) is 15.8 Å². The summed E-state index contributed by atoms with van der Waals surface area (Å²) in [6, 6.07) is 15.1. The normalized spacial score (nSPS) is 15.8. The maximum Gasteiger partial charge on any atom is 0.286 e. The van der Waals surface area contributed by atoms with E-state index >= 15 is 0 Å². The lowest BCUT2D eigenvalue weighted by Gasteiger charge is -2.18. The number of sulfonamides is 1. The van der Waals surface area contributed by atoms with Crippen LogP contribution < -0.4 is 5.32 Å². The maximum atomic E-state index is 12.2. The molecule has 0 saturated carbocycles. The van der Waals surface area contributed by atoms with E-state index in [-0.39, 0.29) is 4.90 Å². The average molecular weight is 318 g/mol. The second-order valence-corrected chi connectivity index (χ2v) is 7.31. The fourth-order valence-corrected chi connectivity index (χ4v) is 4.22. The van der Waals surface area contributed by atoms with E-state index in [1.807, 2.05) is 43.3 Å². The van der Waals surface area contributed by atoms with Crippen LogP contribution in [0.25, 0.3) is 0 Å². The predicted octanol–water partition coefficient (Wildman–Crippen LogP) is 3.40. The summed E-state index contributed by atoms with van der Waals surface area (Å²) in [4.78, 5) is 0.233. The molecule has 0 radical (unpaired) electrons. The highest BCUT2D eigenvalue weighted by molar-refractivity contribution is 8.14. The van der Waals surface area contributed by atoms with Gasteiger partial charge in [-0.3, -0.25) is 0 Å². The first-order chi connectivity index (χ1) is 10.0. The van der Waals surface area contributed by atoms with E-state index in [2.05, 4.69) is 9.71 Å². The van der Waals surface area contributed by atoms with Crippen molar-refractivity contribution in [3.8, 4) is 0 Å². The van der Waals surface area contributed by atoms with Crippen molar-refractivity contribution in [2.45, 2.75) is 17.6 Å². The summed E-state index contributed by atoms with van der Waals surface area (Å²) in [7, 11) is -3.61. The van der Waals surface area contributed by atoms with E-state index in [1.54, 1.807) is 12.1 Å². The Labute approximate surface area is 128 Å². The molecular formula is C15H14N2O2S2. The minimum absolute atomic E-state index is 0.233. The highest BCUT2D eigenvalue weighted by Crippen LogP contribution is 2.30. The van der Waals surface area contributed by atoms with E-state index < -0.39 is 10.0 Å². The number of thioether (sulfide) groups is 1. The zero-order valence-corrected chi connectivity index (χ0v) is 13.0. The van der Waals surface area contributed by atoms with Crippen molar-refractivity contribution in [1.29, 1.82) is 0 Å². The number of anilines is 1. The zero-order valence-electron chi connectivity index (χ0n) is 11.4. The van der Waals surface area contributed by atoms with Crippen molar-refractivity contribution in [1.82, 2.24) is 0 Å². The molecule has 108 valence electrons. The fourth-order valence-electron chi connectivity index (χ4n) is 2.05. The van der Waals surface area contributed by atoms with Crippen molar-refractivity contribution in [3.63, 3.8) is 0 Å². The van der Waals surface area contributed by atoms with E-state index in [1.165, 1.54) is 11.8 Å². The van der Waals surface area contributed by atoms with Gasteiger partial charge in [-0.2, -0.15) is 8.42 Å².